The summed E-state index contributed by atoms with van der Waals surface area (Å²) in [5.41, 5.74) is 0. The molecule has 2 rings (SSSR count). The topological polar surface area (TPSA) is 41.6 Å². The van der Waals surface area contributed by atoms with Crippen LogP contribution in [-0.2, 0) is 4.74 Å². The van der Waals surface area contributed by atoms with E-state index in [1.54, 1.807) is 0 Å². The van der Waals surface area contributed by atoms with Crippen LogP contribution in [0.2, 0.25) is 0 Å². The van der Waals surface area contributed by atoms with Crippen LogP contribution in [0.1, 0.15) is 25.7 Å². The molecule has 4 nitrogen and oxygen atoms in total. The number of nitrogens with one attached hydrogen (secondary N) is 1. The van der Waals surface area contributed by atoms with Gasteiger partial charge in [0.2, 0.25) is 0 Å². The minimum atomic E-state index is -0.113. The standard InChI is InChI=1S/C11H20N2O2/c14-11(13-6-1-2-7-13)15-8-4-10-3-5-12-9-10/h10,12H,1-9H2. The van der Waals surface area contributed by atoms with Gasteiger partial charge in [-0.3, -0.25) is 0 Å². The van der Waals surface area contributed by atoms with Crippen molar-refractivity contribution in [3.05, 3.63) is 0 Å². The van der Waals surface area contributed by atoms with Crippen LogP contribution in [0.4, 0.5) is 4.79 Å². The highest BCUT2D eigenvalue weighted by Crippen LogP contribution is 2.13. The van der Waals surface area contributed by atoms with Gasteiger partial charge in [0, 0.05) is 13.1 Å². The number of carbonyl (C=O) groups excluding carboxylic acids is 1. The molecule has 1 amide bonds. The van der Waals surface area contributed by atoms with Crippen molar-refractivity contribution in [2.75, 3.05) is 32.8 Å². The van der Waals surface area contributed by atoms with Crippen molar-refractivity contribution in [3.8, 4) is 0 Å². The van der Waals surface area contributed by atoms with Gasteiger partial charge >= 0.3 is 6.09 Å². The highest BCUT2D eigenvalue weighted by molar-refractivity contribution is 5.67. The van der Waals surface area contributed by atoms with E-state index in [4.69, 9.17) is 4.74 Å². The fraction of sp³-hybridized carbons (Fsp3) is 0.909. The zero-order chi connectivity index (χ0) is 10.5. The SMILES string of the molecule is O=C(OCCC1CCNC1)N1CCCC1. The molecule has 0 saturated carbocycles. The summed E-state index contributed by atoms with van der Waals surface area (Å²) < 4.78 is 5.25. The largest absolute Gasteiger partial charge is 0.449 e. The van der Waals surface area contributed by atoms with Gasteiger partial charge in [0.25, 0.3) is 0 Å². The summed E-state index contributed by atoms with van der Waals surface area (Å²) in [4.78, 5) is 13.3. The molecule has 0 radical (unpaired) electrons. The van der Waals surface area contributed by atoms with Crippen molar-refractivity contribution >= 4 is 6.09 Å². The molecule has 0 aromatic rings. The van der Waals surface area contributed by atoms with E-state index in [1.165, 1.54) is 6.42 Å². The Hall–Kier alpha value is -0.770. The first-order valence-electron chi connectivity index (χ1n) is 5.98. The van der Waals surface area contributed by atoms with Crippen LogP contribution in [0.15, 0.2) is 0 Å². The summed E-state index contributed by atoms with van der Waals surface area (Å²) in [6.07, 6.45) is 4.37. The van der Waals surface area contributed by atoms with Crippen molar-refractivity contribution in [1.29, 1.82) is 0 Å². The number of nitrogens with zero attached hydrogens (tertiary/aromatic N) is 1. The quantitative estimate of drug-likeness (QED) is 0.764. The van der Waals surface area contributed by atoms with Crippen molar-refractivity contribution < 1.29 is 9.53 Å². The smallest absolute Gasteiger partial charge is 0.409 e. The lowest BCUT2D eigenvalue weighted by Crippen LogP contribution is -2.29. The van der Waals surface area contributed by atoms with Gasteiger partial charge in [0.05, 0.1) is 6.61 Å². The number of carbonyl (C=O) groups is 1. The van der Waals surface area contributed by atoms with Gasteiger partial charge in [0.1, 0.15) is 0 Å². The Balaban J connectivity index is 1.58. The van der Waals surface area contributed by atoms with E-state index in [1.807, 2.05) is 4.90 Å². The van der Waals surface area contributed by atoms with Gasteiger partial charge in [-0.25, -0.2) is 4.79 Å². The maximum absolute atomic E-state index is 11.5. The molecule has 1 N–H and O–H groups in total. The first-order valence-corrected chi connectivity index (χ1v) is 5.98. The summed E-state index contributed by atoms with van der Waals surface area (Å²) in [6, 6.07) is 0. The fourth-order valence-corrected chi connectivity index (χ4v) is 2.26. The molecule has 0 aliphatic carbocycles. The molecular weight excluding hydrogens is 192 g/mol. The summed E-state index contributed by atoms with van der Waals surface area (Å²) in [5.74, 6) is 0.705. The van der Waals surface area contributed by atoms with Crippen LogP contribution in [0.3, 0.4) is 0 Å². The average molecular weight is 212 g/mol. The van der Waals surface area contributed by atoms with E-state index in [0.717, 1.165) is 45.4 Å². The lowest BCUT2D eigenvalue weighted by molar-refractivity contribution is 0.105. The van der Waals surface area contributed by atoms with Crippen molar-refractivity contribution in [3.63, 3.8) is 0 Å². The number of rotatable bonds is 3. The third-order valence-corrected chi connectivity index (χ3v) is 3.28. The summed E-state index contributed by atoms with van der Waals surface area (Å²) in [5, 5.41) is 3.31. The number of ether oxygens (including phenoxy) is 1. The van der Waals surface area contributed by atoms with Gasteiger partial charge < -0.3 is 15.0 Å². The van der Waals surface area contributed by atoms with Gasteiger partial charge in [-0.2, -0.15) is 0 Å². The van der Waals surface area contributed by atoms with Gasteiger partial charge in [-0.1, -0.05) is 0 Å². The van der Waals surface area contributed by atoms with E-state index >= 15 is 0 Å². The molecule has 2 heterocycles. The van der Waals surface area contributed by atoms with Crippen molar-refractivity contribution in [2.24, 2.45) is 5.92 Å². The van der Waals surface area contributed by atoms with Crippen LogP contribution in [0.25, 0.3) is 0 Å². The number of amides is 1. The molecule has 0 bridgehead atoms. The molecule has 15 heavy (non-hydrogen) atoms. The van der Waals surface area contributed by atoms with E-state index in [-0.39, 0.29) is 6.09 Å². The number of hydrogen-bond donors (Lipinski definition) is 1. The monoisotopic (exact) mass is 212 g/mol. The Morgan fingerprint density at radius 1 is 1.40 bits per heavy atom. The average Bonchev–Trinajstić information content (AvgIpc) is 2.90. The second-order valence-corrected chi connectivity index (χ2v) is 4.46. The molecule has 1 unspecified atom stereocenters. The molecule has 0 aromatic heterocycles. The Morgan fingerprint density at radius 3 is 2.87 bits per heavy atom. The summed E-state index contributed by atoms with van der Waals surface area (Å²) in [7, 11) is 0. The Morgan fingerprint density at radius 2 is 2.20 bits per heavy atom. The summed E-state index contributed by atoms with van der Waals surface area (Å²) in [6.45, 7) is 4.54. The van der Waals surface area contributed by atoms with Gasteiger partial charge in [-0.15, -0.1) is 0 Å². The van der Waals surface area contributed by atoms with E-state index < -0.39 is 0 Å². The van der Waals surface area contributed by atoms with Crippen LogP contribution in [0, 0.1) is 5.92 Å². The Labute approximate surface area is 91.0 Å². The van der Waals surface area contributed by atoms with Crippen LogP contribution in [-0.4, -0.2) is 43.8 Å². The van der Waals surface area contributed by atoms with E-state index in [9.17, 15) is 4.79 Å². The maximum Gasteiger partial charge on any atom is 0.409 e. The molecule has 0 aromatic carbocycles. The molecule has 2 aliphatic rings. The lowest BCUT2D eigenvalue weighted by atomic mass is 10.1. The van der Waals surface area contributed by atoms with Crippen molar-refractivity contribution in [2.45, 2.75) is 25.7 Å². The molecular formula is C11H20N2O2. The van der Waals surface area contributed by atoms with Gasteiger partial charge in [0.15, 0.2) is 0 Å². The number of likely N-dealkylation sites (tertiary alicyclic amines) is 1. The third-order valence-electron chi connectivity index (χ3n) is 3.28. The van der Waals surface area contributed by atoms with Gasteiger partial charge in [-0.05, 0) is 44.7 Å². The zero-order valence-corrected chi connectivity index (χ0v) is 9.21. The second-order valence-electron chi connectivity index (χ2n) is 4.46. The second kappa shape index (κ2) is 5.35. The predicted octanol–water partition coefficient (Wildman–Crippen LogP) is 1.22. The Kier molecular flexibility index (Phi) is 3.83. The van der Waals surface area contributed by atoms with Crippen LogP contribution >= 0.6 is 0 Å². The third kappa shape index (κ3) is 3.09. The normalized spacial score (nSPS) is 25.9. The van der Waals surface area contributed by atoms with Crippen LogP contribution in [0.5, 0.6) is 0 Å². The first-order chi connectivity index (χ1) is 7.36. The molecule has 1 atom stereocenters. The molecule has 0 spiro atoms. The maximum atomic E-state index is 11.5. The highest BCUT2D eigenvalue weighted by Gasteiger charge is 2.20. The molecule has 2 fully saturated rings. The summed E-state index contributed by atoms with van der Waals surface area (Å²) >= 11 is 0. The highest BCUT2D eigenvalue weighted by atomic mass is 16.6. The molecule has 4 heteroatoms. The molecule has 86 valence electrons. The van der Waals surface area contributed by atoms with E-state index in [0.29, 0.717) is 12.5 Å². The zero-order valence-electron chi connectivity index (χ0n) is 9.21. The first kappa shape index (κ1) is 10.7. The number of hydrogen-bond acceptors (Lipinski definition) is 3. The molecule has 2 aliphatic heterocycles. The molecule has 2 saturated heterocycles. The minimum absolute atomic E-state index is 0.113. The Bertz CT molecular complexity index is 209. The van der Waals surface area contributed by atoms with Crippen molar-refractivity contribution in [1.82, 2.24) is 10.2 Å². The predicted molar refractivity (Wildman–Crippen MR) is 57.7 cm³/mol. The minimum Gasteiger partial charge on any atom is -0.449 e. The van der Waals surface area contributed by atoms with Crippen LogP contribution < -0.4 is 5.32 Å². The lowest BCUT2D eigenvalue weighted by Gasteiger charge is -2.16. The van der Waals surface area contributed by atoms with E-state index in [2.05, 4.69) is 5.32 Å². The fourth-order valence-electron chi connectivity index (χ4n) is 2.26.